The molecule has 2 heterocycles. The van der Waals surface area contributed by atoms with Crippen molar-refractivity contribution in [3.05, 3.63) is 59.5 Å². The molecule has 134 valence electrons. The predicted octanol–water partition coefficient (Wildman–Crippen LogP) is 3.01. The van der Waals surface area contributed by atoms with E-state index < -0.39 is 40.8 Å². The van der Waals surface area contributed by atoms with E-state index in [9.17, 15) is 14.4 Å². The van der Waals surface area contributed by atoms with E-state index in [-0.39, 0.29) is 5.76 Å². The van der Waals surface area contributed by atoms with E-state index in [1.807, 2.05) is 31.2 Å². The van der Waals surface area contributed by atoms with Gasteiger partial charge in [-0.15, -0.1) is 0 Å². The number of hydrogen-bond acceptors (Lipinski definition) is 6. The summed E-state index contributed by atoms with van der Waals surface area (Å²) < 4.78 is 15.9. The number of ketones is 1. The fraction of sp³-hybridized carbons (Fsp3) is 0.350. The van der Waals surface area contributed by atoms with Crippen LogP contribution in [-0.2, 0) is 19.1 Å². The zero-order valence-corrected chi connectivity index (χ0v) is 14.6. The van der Waals surface area contributed by atoms with E-state index in [4.69, 9.17) is 13.9 Å². The summed E-state index contributed by atoms with van der Waals surface area (Å²) in [5, 5.41) is 0. The monoisotopic (exact) mass is 354 g/mol. The third-order valence-electron chi connectivity index (χ3n) is 5.04. The van der Waals surface area contributed by atoms with Crippen molar-refractivity contribution in [2.45, 2.75) is 32.5 Å². The number of furan rings is 1. The van der Waals surface area contributed by atoms with E-state index in [1.54, 1.807) is 6.07 Å². The second kappa shape index (κ2) is 5.30. The highest BCUT2D eigenvalue weighted by Crippen LogP contribution is 2.68. The topological polar surface area (TPSA) is 82.8 Å². The number of carbonyl (C=O) groups is 3. The van der Waals surface area contributed by atoms with Crippen molar-refractivity contribution in [3.63, 3.8) is 0 Å². The van der Waals surface area contributed by atoms with Gasteiger partial charge in [0, 0.05) is 19.8 Å². The lowest BCUT2D eigenvalue weighted by Crippen LogP contribution is -2.49. The maximum Gasteiger partial charge on any atom is 0.328 e. The van der Waals surface area contributed by atoms with Crippen LogP contribution in [0.2, 0.25) is 0 Å². The van der Waals surface area contributed by atoms with E-state index in [0.717, 1.165) is 5.56 Å². The maximum absolute atomic E-state index is 12.9. The van der Waals surface area contributed by atoms with Crippen LogP contribution in [0.4, 0.5) is 0 Å². The van der Waals surface area contributed by atoms with E-state index in [1.165, 1.54) is 26.2 Å². The average molecular weight is 354 g/mol. The lowest BCUT2D eigenvalue weighted by molar-refractivity contribution is -0.243. The molecule has 1 saturated heterocycles. The van der Waals surface area contributed by atoms with E-state index in [2.05, 4.69) is 0 Å². The summed E-state index contributed by atoms with van der Waals surface area (Å²) in [6.45, 7) is 4.91. The van der Waals surface area contributed by atoms with Gasteiger partial charge >= 0.3 is 11.9 Å². The Morgan fingerprint density at radius 2 is 1.62 bits per heavy atom. The van der Waals surface area contributed by atoms with Gasteiger partial charge in [0.25, 0.3) is 5.79 Å². The third kappa shape index (κ3) is 2.21. The summed E-state index contributed by atoms with van der Waals surface area (Å²) in [6, 6.07) is 10.5. The molecule has 0 amide bonds. The highest BCUT2D eigenvalue weighted by molar-refractivity contribution is 6.16. The second-order valence-corrected chi connectivity index (χ2v) is 7.26. The Morgan fingerprint density at radius 3 is 2.15 bits per heavy atom. The van der Waals surface area contributed by atoms with Gasteiger partial charge in [-0.2, -0.15) is 0 Å². The van der Waals surface area contributed by atoms with Crippen molar-refractivity contribution in [1.82, 2.24) is 0 Å². The zero-order valence-electron chi connectivity index (χ0n) is 14.6. The van der Waals surface area contributed by atoms with Crippen LogP contribution in [0.5, 0.6) is 0 Å². The summed E-state index contributed by atoms with van der Waals surface area (Å²) in [5.74, 6) is -4.66. The zero-order chi connectivity index (χ0) is 18.7. The molecule has 1 spiro atoms. The summed E-state index contributed by atoms with van der Waals surface area (Å²) in [6.07, 6.45) is 1.38. The highest BCUT2D eigenvalue weighted by atomic mass is 16.7. The van der Waals surface area contributed by atoms with Gasteiger partial charge in [0.15, 0.2) is 11.2 Å². The van der Waals surface area contributed by atoms with Crippen molar-refractivity contribution in [3.8, 4) is 0 Å². The van der Waals surface area contributed by atoms with Crippen LogP contribution in [-0.4, -0.2) is 23.5 Å². The first-order chi connectivity index (χ1) is 12.3. The number of carbonyl (C=O) groups excluding carboxylic acids is 3. The first-order valence-electron chi connectivity index (χ1n) is 8.38. The molecule has 6 heteroatoms. The van der Waals surface area contributed by atoms with Crippen molar-refractivity contribution >= 4 is 17.7 Å². The first kappa shape index (κ1) is 16.6. The summed E-state index contributed by atoms with van der Waals surface area (Å²) >= 11 is 0. The van der Waals surface area contributed by atoms with Gasteiger partial charge in [-0.05, 0) is 24.6 Å². The van der Waals surface area contributed by atoms with Gasteiger partial charge in [0.1, 0.15) is 0 Å². The largest absolute Gasteiger partial charge is 0.461 e. The normalized spacial score (nSPS) is 25.5. The fourth-order valence-corrected chi connectivity index (χ4v) is 3.77. The number of Topliss-reactive ketones (excluding diaryl/α,β-unsaturated/α-hetero) is 1. The number of rotatable bonds is 3. The van der Waals surface area contributed by atoms with Crippen LogP contribution in [0.25, 0.3) is 0 Å². The quantitative estimate of drug-likeness (QED) is 0.479. The van der Waals surface area contributed by atoms with Crippen LogP contribution >= 0.6 is 0 Å². The van der Waals surface area contributed by atoms with Gasteiger partial charge in [0.2, 0.25) is 5.78 Å². The molecule has 1 aromatic carbocycles. The standard InChI is InChI=1S/C20H18O6/c1-11-6-8-12(9-7-11)14-15(16(21)13-5-4-10-24-13)20(14)17(22)25-19(2,3)26-18(20)23/h4-10,14-15H,1-3H3/t14-,15+/m1/s1. The molecule has 1 aliphatic heterocycles. The van der Waals surface area contributed by atoms with Crippen LogP contribution in [0, 0.1) is 18.3 Å². The average Bonchev–Trinajstić information content (AvgIpc) is 2.95. The highest BCUT2D eigenvalue weighted by Gasteiger charge is 2.82. The van der Waals surface area contributed by atoms with Gasteiger partial charge in [0.05, 0.1) is 12.2 Å². The van der Waals surface area contributed by atoms with Crippen molar-refractivity contribution in [2.75, 3.05) is 0 Å². The van der Waals surface area contributed by atoms with Gasteiger partial charge in [-0.25, -0.2) is 0 Å². The summed E-state index contributed by atoms with van der Waals surface area (Å²) in [7, 11) is 0. The number of ether oxygens (including phenoxy) is 2. The number of benzene rings is 1. The molecule has 0 unspecified atom stereocenters. The SMILES string of the molecule is Cc1ccc([C@@H]2[C@@H](C(=O)c3ccco3)C23C(=O)OC(C)(C)OC3=O)cc1. The lowest BCUT2D eigenvalue weighted by Gasteiger charge is -2.33. The lowest BCUT2D eigenvalue weighted by atomic mass is 9.96. The molecule has 2 aromatic rings. The molecule has 4 rings (SSSR count). The molecule has 2 atom stereocenters. The predicted molar refractivity (Wildman–Crippen MR) is 89.1 cm³/mol. The summed E-state index contributed by atoms with van der Waals surface area (Å²) in [4.78, 5) is 38.6. The molecule has 1 aliphatic carbocycles. The van der Waals surface area contributed by atoms with Gasteiger partial charge in [-0.1, -0.05) is 29.8 Å². The minimum absolute atomic E-state index is 0.106. The minimum atomic E-state index is -1.66. The van der Waals surface area contributed by atoms with E-state index in [0.29, 0.717) is 5.56 Å². The van der Waals surface area contributed by atoms with Gasteiger partial charge in [-0.3, -0.25) is 14.4 Å². The third-order valence-corrected chi connectivity index (χ3v) is 5.04. The number of esters is 2. The smallest absolute Gasteiger partial charge is 0.328 e. The molecule has 0 bridgehead atoms. The Kier molecular flexibility index (Phi) is 3.38. The molecular formula is C20H18O6. The van der Waals surface area contributed by atoms with Crippen LogP contribution in [0.1, 0.15) is 41.4 Å². The van der Waals surface area contributed by atoms with Crippen molar-refractivity contribution < 1.29 is 28.3 Å². The second-order valence-electron chi connectivity index (χ2n) is 7.26. The minimum Gasteiger partial charge on any atom is -0.461 e. The Labute approximate surface area is 150 Å². The molecule has 6 nitrogen and oxygen atoms in total. The number of hydrogen-bond donors (Lipinski definition) is 0. The molecule has 0 radical (unpaired) electrons. The molecule has 1 saturated carbocycles. The van der Waals surface area contributed by atoms with Crippen LogP contribution in [0.3, 0.4) is 0 Å². The Morgan fingerprint density at radius 1 is 1.00 bits per heavy atom. The Bertz CT molecular complexity index is 871. The van der Waals surface area contributed by atoms with Crippen molar-refractivity contribution in [1.29, 1.82) is 0 Å². The molecular weight excluding hydrogens is 336 g/mol. The molecule has 0 N–H and O–H groups in total. The Hall–Kier alpha value is -2.89. The number of aryl methyl sites for hydroxylation is 1. The molecule has 1 aromatic heterocycles. The fourth-order valence-electron chi connectivity index (χ4n) is 3.77. The summed E-state index contributed by atoms with van der Waals surface area (Å²) in [5.41, 5.74) is 0.0932. The number of cyclic esters (lactones) is 2. The first-order valence-corrected chi connectivity index (χ1v) is 8.38. The van der Waals surface area contributed by atoms with Crippen LogP contribution < -0.4 is 0 Å². The molecule has 2 fully saturated rings. The van der Waals surface area contributed by atoms with Crippen molar-refractivity contribution in [2.24, 2.45) is 11.3 Å². The Balaban J connectivity index is 1.80. The molecule has 26 heavy (non-hydrogen) atoms. The molecule has 2 aliphatic rings. The van der Waals surface area contributed by atoms with E-state index >= 15 is 0 Å². The van der Waals surface area contributed by atoms with Crippen LogP contribution in [0.15, 0.2) is 47.1 Å². The van der Waals surface area contributed by atoms with Gasteiger partial charge < -0.3 is 13.9 Å². The maximum atomic E-state index is 12.9.